The average Bonchev–Trinajstić information content (AvgIpc) is 3.06. The number of anilines is 1. The number of rotatable bonds is 6. The van der Waals surface area contributed by atoms with Crippen LogP contribution in [-0.2, 0) is 6.54 Å². The molecule has 0 spiro atoms. The van der Waals surface area contributed by atoms with E-state index < -0.39 is 0 Å². The van der Waals surface area contributed by atoms with E-state index in [-0.39, 0.29) is 11.5 Å². The first kappa shape index (κ1) is 18.3. The number of aromatic nitrogens is 3. The standard InChI is InChI=1S/C18H18N4O2S2/c1-3-25-18-21-20-17(26-18)19-16(24)14-8-9-15(23)22(11-14)10-13-7-5-4-6-12(13)2/h4-9,11H,3,10H2,1-2H3,(H,19,20,24). The van der Waals surface area contributed by atoms with Crippen molar-refractivity contribution in [1.29, 1.82) is 0 Å². The van der Waals surface area contributed by atoms with Crippen LogP contribution in [0.4, 0.5) is 5.13 Å². The maximum Gasteiger partial charge on any atom is 0.258 e. The van der Waals surface area contributed by atoms with E-state index in [0.717, 1.165) is 21.2 Å². The van der Waals surface area contributed by atoms with E-state index in [1.807, 2.05) is 38.1 Å². The van der Waals surface area contributed by atoms with Gasteiger partial charge in [0.15, 0.2) is 4.34 Å². The summed E-state index contributed by atoms with van der Waals surface area (Å²) in [5.41, 5.74) is 2.39. The molecule has 1 amide bonds. The molecule has 26 heavy (non-hydrogen) atoms. The molecule has 0 saturated heterocycles. The van der Waals surface area contributed by atoms with Crippen LogP contribution in [0.2, 0.25) is 0 Å². The second-order valence-electron chi connectivity index (χ2n) is 5.57. The van der Waals surface area contributed by atoms with Crippen molar-refractivity contribution in [2.45, 2.75) is 24.7 Å². The predicted octanol–water partition coefficient (Wildman–Crippen LogP) is 3.42. The molecule has 0 aliphatic carbocycles. The molecule has 0 bridgehead atoms. The third kappa shape index (κ3) is 4.39. The fraction of sp³-hybridized carbons (Fsp3) is 0.222. The van der Waals surface area contributed by atoms with Gasteiger partial charge in [0.2, 0.25) is 5.13 Å². The molecule has 1 N–H and O–H groups in total. The van der Waals surface area contributed by atoms with Crippen molar-refractivity contribution in [3.8, 4) is 0 Å². The van der Waals surface area contributed by atoms with Crippen LogP contribution in [0.3, 0.4) is 0 Å². The fourth-order valence-electron chi connectivity index (χ4n) is 2.37. The molecule has 0 radical (unpaired) electrons. The summed E-state index contributed by atoms with van der Waals surface area (Å²) in [6.07, 6.45) is 1.58. The van der Waals surface area contributed by atoms with Gasteiger partial charge < -0.3 is 4.57 Å². The van der Waals surface area contributed by atoms with E-state index in [1.54, 1.807) is 18.0 Å². The Kier molecular flexibility index (Phi) is 5.85. The summed E-state index contributed by atoms with van der Waals surface area (Å²) in [5, 5.41) is 11.2. The quantitative estimate of drug-likeness (QED) is 0.519. The number of nitrogens with one attached hydrogen (secondary N) is 1. The molecule has 0 aliphatic rings. The van der Waals surface area contributed by atoms with E-state index in [9.17, 15) is 9.59 Å². The first-order chi connectivity index (χ1) is 12.6. The molecule has 0 saturated carbocycles. The minimum absolute atomic E-state index is 0.151. The molecule has 134 valence electrons. The van der Waals surface area contributed by atoms with Gasteiger partial charge in [0.05, 0.1) is 12.1 Å². The highest BCUT2D eigenvalue weighted by molar-refractivity contribution is 8.01. The average molecular weight is 387 g/mol. The van der Waals surface area contributed by atoms with Crippen LogP contribution in [0.5, 0.6) is 0 Å². The summed E-state index contributed by atoms with van der Waals surface area (Å²) in [5.74, 6) is 0.583. The summed E-state index contributed by atoms with van der Waals surface area (Å²) in [7, 11) is 0. The van der Waals surface area contributed by atoms with Crippen LogP contribution in [-0.4, -0.2) is 26.4 Å². The minimum atomic E-state index is -0.312. The zero-order valence-electron chi connectivity index (χ0n) is 14.4. The van der Waals surface area contributed by atoms with Gasteiger partial charge in [0.1, 0.15) is 0 Å². The minimum Gasteiger partial charge on any atom is -0.310 e. The van der Waals surface area contributed by atoms with Crippen molar-refractivity contribution in [2.75, 3.05) is 11.1 Å². The summed E-state index contributed by atoms with van der Waals surface area (Å²) < 4.78 is 2.35. The van der Waals surface area contributed by atoms with Gasteiger partial charge in [-0.05, 0) is 29.9 Å². The van der Waals surface area contributed by atoms with Gasteiger partial charge in [-0.3, -0.25) is 14.9 Å². The first-order valence-corrected chi connectivity index (χ1v) is 9.89. The van der Waals surface area contributed by atoms with Gasteiger partial charge in [-0.15, -0.1) is 10.2 Å². The van der Waals surface area contributed by atoms with Crippen molar-refractivity contribution >= 4 is 34.1 Å². The Balaban J connectivity index is 1.78. The number of aryl methyl sites for hydroxylation is 1. The Morgan fingerprint density at radius 3 is 2.81 bits per heavy atom. The SMILES string of the molecule is CCSc1nnc(NC(=O)c2ccc(=O)n(Cc3ccccc3C)c2)s1. The van der Waals surface area contributed by atoms with Crippen molar-refractivity contribution in [2.24, 2.45) is 0 Å². The summed E-state index contributed by atoms with van der Waals surface area (Å²) in [6, 6.07) is 10.8. The monoisotopic (exact) mass is 386 g/mol. The van der Waals surface area contributed by atoms with Gasteiger partial charge in [0.25, 0.3) is 11.5 Å². The molecule has 2 aromatic heterocycles. The van der Waals surface area contributed by atoms with Crippen LogP contribution < -0.4 is 10.9 Å². The van der Waals surface area contributed by atoms with Gasteiger partial charge in [-0.2, -0.15) is 0 Å². The second kappa shape index (κ2) is 8.29. The number of hydrogen-bond acceptors (Lipinski definition) is 6. The molecule has 6 nitrogen and oxygen atoms in total. The molecule has 0 fully saturated rings. The number of benzene rings is 1. The number of carbonyl (C=O) groups excluding carboxylic acids is 1. The highest BCUT2D eigenvalue weighted by Gasteiger charge is 2.12. The number of carbonyl (C=O) groups is 1. The Morgan fingerprint density at radius 1 is 1.23 bits per heavy atom. The molecule has 0 unspecified atom stereocenters. The summed E-state index contributed by atoms with van der Waals surface area (Å²) in [6.45, 7) is 4.45. The summed E-state index contributed by atoms with van der Waals surface area (Å²) in [4.78, 5) is 24.6. The molecular formula is C18H18N4O2S2. The van der Waals surface area contributed by atoms with Crippen LogP contribution in [0.25, 0.3) is 0 Å². The molecular weight excluding hydrogens is 368 g/mol. The molecule has 1 aromatic carbocycles. The lowest BCUT2D eigenvalue weighted by Crippen LogP contribution is -2.22. The molecule has 2 heterocycles. The van der Waals surface area contributed by atoms with Crippen LogP contribution >= 0.6 is 23.1 Å². The normalized spacial score (nSPS) is 10.7. The number of nitrogens with zero attached hydrogens (tertiary/aromatic N) is 3. The third-order valence-electron chi connectivity index (χ3n) is 3.74. The number of amides is 1. The van der Waals surface area contributed by atoms with Crippen LogP contribution in [0.1, 0.15) is 28.4 Å². The largest absolute Gasteiger partial charge is 0.310 e. The zero-order valence-corrected chi connectivity index (χ0v) is 16.1. The summed E-state index contributed by atoms with van der Waals surface area (Å²) >= 11 is 2.91. The number of pyridine rings is 1. The smallest absolute Gasteiger partial charge is 0.258 e. The maximum absolute atomic E-state index is 12.5. The molecule has 0 atom stereocenters. The van der Waals surface area contributed by atoms with Crippen molar-refractivity contribution in [3.63, 3.8) is 0 Å². The van der Waals surface area contributed by atoms with Crippen molar-refractivity contribution in [3.05, 3.63) is 69.6 Å². The fourth-order valence-corrected chi connectivity index (χ4v) is 4.02. The first-order valence-electron chi connectivity index (χ1n) is 8.09. The van der Waals surface area contributed by atoms with E-state index >= 15 is 0 Å². The molecule has 8 heteroatoms. The lowest BCUT2D eigenvalue weighted by molar-refractivity contribution is 0.102. The second-order valence-corrected chi connectivity index (χ2v) is 8.06. The van der Waals surface area contributed by atoms with Gasteiger partial charge >= 0.3 is 0 Å². The molecule has 3 aromatic rings. The Hall–Kier alpha value is -2.45. The number of hydrogen-bond donors (Lipinski definition) is 1. The van der Waals surface area contributed by atoms with E-state index in [1.165, 1.54) is 28.0 Å². The van der Waals surface area contributed by atoms with E-state index in [0.29, 0.717) is 17.2 Å². The van der Waals surface area contributed by atoms with Gasteiger partial charge in [0, 0.05) is 12.3 Å². The van der Waals surface area contributed by atoms with E-state index in [2.05, 4.69) is 15.5 Å². The van der Waals surface area contributed by atoms with Crippen molar-refractivity contribution in [1.82, 2.24) is 14.8 Å². The highest BCUT2D eigenvalue weighted by Crippen LogP contribution is 2.25. The van der Waals surface area contributed by atoms with Gasteiger partial charge in [-0.1, -0.05) is 54.3 Å². The lowest BCUT2D eigenvalue weighted by Gasteiger charge is -2.10. The maximum atomic E-state index is 12.5. The van der Waals surface area contributed by atoms with Crippen LogP contribution in [0, 0.1) is 6.92 Å². The van der Waals surface area contributed by atoms with Crippen molar-refractivity contribution < 1.29 is 4.79 Å². The lowest BCUT2D eigenvalue weighted by atomic mass is 10.1. The molecule has 3 rings (SSSR count). The van der Waals surface area contributed by atoms with Crippen LogP contribution in [0.15, 0.2) is 51.7 Å². The Morgan fingerprint density at radius 2 is 2.04 bits per heavy atom. The van der Waals surface area contributed by atoms with E-state index in [4.69, 9.17) is 0 Å². The molecule has 0 aliphatic heterocycles. The number of thioether (sulfide) groups is 1. The Labute approximate surface area is 159 Å². The highest BCUT2D eigenvalue weighted by atomic mass is 32.2. The predicted molar refractivity (Wildman–Crippen MR) is 105 cm³/mol. The zero-order chi connectivity index (χ0) is 18.5. The Bertz CT molecular complexity index is 981. The van der Waals surface area contributed by atoms with Gasteiger partial charge in [-0.25, -0.2) is 0 Å². The third-order valence-corrected chi connectivity index (χ3v) is 5.60. The topological polar surface area (TPSA) is 76.9 Å².